The normalized spacial score (nSPS) is 17.1. The van der Waals surface area contributed by atoms with Crippen molar-refractivity contribution in [2.45, 2.75) is 19.9 Å². The molecule has 4 rings (SSSR count). The zero-order valence-electron chi connectivity index (χ0n) is 16.8. The Kier molecular flexibility index (Phi) is 5.24. The number of aliphatic hydroxyl groups excluding tert-OH is 1. The Morgan fingerprint density at radius 2 is 1.79 bits per heavy atom. The summed E-state index contributed by atoms with van der Waals surface area (Å²) in [4.78, 5) is 12.2. The van der Waals surface area contributed by atoms with Crippen LogP contribution in [0.15, 0.2) is 54.3 Å². The van der Waals surface area contributed by atoms with Crippen LogP contribution in [0.2, 0.25) is 0 Å². The van der Waals surface area contributed by atoms with Crippen molar-refractivity contribution in [3.8, 4) is 6.07 Å². The van der Waals surface area contributed by atoms with Gasteiger partial charge in [0.25, 0.3) is 0 Å². The third-order valence-electron chi connectivity index (χ3n) is 5.71. The largest absolute Gasteiger partial charge is 0.509 e. The Balaban J connectivity index is 1.52. The van der Waals surface area contributed by atoms with Gasteiger partial charge in [0.1, 0.15) is 17.4 Å². The van der Waals surface area contributed by atoms with Crippen molar-refractivity contribution >= 4 is 22.3 Å². The smallest absolute Gasteiger partial charge is 0.152 e. The number of hydrogen-bond acceptors (Lipinski definition) is 5. The predicted octanol–water partition coefficient (Wildman–Crippen LogP) is 3.87. The van der Waals surface area contributed by atoms with Gasteiger partial charge in [-0.3, -0.25) is 4.90 Å². The number of para-hydroxylation sites is 3. The van der Waals surface area contributed by atoms with Crippen molar-refractivity contribution in [3.63, 3.8) is 0 Å². The van der Waals surface area contributed by atoms with E-state index in [1.165, 1.54) is 11.3 Å². The van der Waals surface area contributed by atoms with Crippen molar-refractivity contribution in [2.24, 2.45) is 0 Å². The third-order valence-corrected chi connectivity index (χ3v) is 5.71. The zero-order chi connectivity index (χ0) is 20.4. The molecule has 0 unspecified atom stereocenters. The van der Waals surface area contributed by atoms with Gasteiger partial charge in [0.15, 0.2) is 5.82 Å². The highest BCUT2D eigenvalue weighted by molar-refractivity contribution is 5.83. The van der Waals surface area contributed by atoms with Crippen LogP contribution in [0, 0.1) is 18.3 Å². The molecule has 1 atom stereocenters. The number of H-pyrrole nitrogens is 1. The zero-order valence-corrected chi connectivity index (χ0v) is 16.8. The highest BCUT2D eigenvalue weighted by atomic mass is 16.3. The van der Waals surface area contributed by atoms with Gasteiger partial charge in [-0.05, 0) is 37.6 Å². The molecule has 3 aromatic rings. The summed E-state index contributed by atoms with van der Waals surface area (Å²) < 4.78 is 0. The summed E-state index contributed by atoms with van der Waals surface area (Å²) >= 11 is 0. The van der Waals surface area contributed by atoms with Crippen LogP contribution in [-0.2, 0) is 0 Å². The summed E-state index contributed by atoms with van der Waals surface area (Å²) in [6.07, 6.45) is 0. The highest BCUT2D eigenvalue weighted by Gasteiger charge is 2.27. The summed E-state index contributed by atoms with van der Waals surface area (Å²) in [5, 5.41) is 20.6. The van der Waals surface area contributed by atoms with E-state index in [-0.39, 0.29) is 17.4 Å². The van der Waals surface area contributed by atoms with Gasteiger partial charge in [-0.2, -0.15) is 5.26 Å². The molecule has 1 aromatic heterocycles. The molecule has 1 saturated heterocycles. The quantitative estimate of drug-likeness (QED) is 0.525. The minimum atomic E-state index is -0.253. The molecule has 0 bridgehead atoms. The van der Waals surface area contributed by atoms with Crippen LogP contribution < -0.4 is 4.90 Å². The van der Waals surface area contributed by atoms with Gasteiger partial charge in [0.2, 0.25) is 0 Å². The second-order valence-electron chi connectivity index (χ2n) is 7.46. The molecule has 2 aromatic carbocycles. The molecule has 29 heavy (non-hydrogen) atoms. The molecule has 1 fully saturated rings. The second-order valence-corrected chi connectivity index (χ2v) is 7.46. The number of hydrogen-bond donors (Lipinski definition) is 2. The number of aromatic nitrogens is 2. The Hall–Kier alpha value is -3.30. The topological polar surface area (TPSA) is 79.2 Å². The number of piperazine rings is 1. The number of imidazole rings is 1. The van der Waals surface area contributed by atoms with Crippen LogP contribution in [-0.4, -0.2) is 52.2 Å². The first kappa shape index (κ1) is 19.0. The van der Waals surface area contributed by atoms with Gasteiger partial charge < -0.3 is 15.0 Å². The molecule has 1 aliphatic rings. The van der Waals surface area contributed by atoms with E-state index in [1.54, 1.807) is 0 Å². The average Bonchev–Trinajstić information content (AvgIpc) is 3.18. The minimum absolute atomic E-state index is 0.0656. The van der Waals surface area contributed by atoms with Gasteiger partial charge in [0.05, 0.1) is 17.1 Å². The molecule has 6 heteroatoms. The number of anilines is 1. The van der Waals surface area contributed by atoms with E-state index in [1.807, 2.05) is 31.2 Å². The Morgan fingerprint density at radius 1 is 1.10 bits per heavy atom. The Labute approximate surface area is 170 Å². The predicted molar refractivity (Wildman–Crippen MR) is 116 cm³/mol. The van der Waals surface area contributed by atoms with E-state index in [0.717, 1.165) is 37.2 Å². The SMILES string of the molecule is Cc1ccccc1N1CCN([C@@H](C)/C(O)=C(\C#N)c2nc3ccccc3[nH]2)CC1. The van der Waals surface area contributed by atoms with Crippen LogP contribution in [0.1, 0.15) is 18.3 Å². The first-order valence-electron chi connectivity index (χ1n) is 9.91. The first-order chi connectivity index (χ1) is 14.1. The van der Waals surface area contributed by atoms with Crippen molar-refractivity contribution in [3.05, 3.63) is 65.7 Å². The fourth-order valence-corrected chi connectivity index (χ4v) is 3.95. The number of benzene rings is 2. The number of aliphatic hydroxyl groups is 1. The lowest BCUT2D eigenvalue weighted by Gasteiger charge is -2.39. The van der Waals surface area contributed by atoms with Gasteiger partial charge in [0, 0.05) is 31.9 Å². The summed E-state index contributed by atoms with van der Waals surface area (Å²) in [5.41, 5.74) is 4.37. The van der Waals surface area contributed by atoms with Gasteiger partial charge >= 0.3 is 0 Å². The number of fused-ring (bicyclic) bond motifs is 1. The molecule has 2 N–H and O–H groups in total. The maximum Gasteiger partial charge on any atom is 0.152 e. The Bertz CT molecular complexity index is 1050. The number of nitrogens with zero attached hydrogens (tertiary/aromatic N) is 4. The molecule has 6 nitrogen and oxygen atoms in total. The summed E-state index contributed by atoms with van der Waals surface area (Å²) in [5.74, 6) is 0.479. The van der Waals surface area contributed by atoms with Crippen LogP contribution in [0.5, 0.6) is 0 Å². The van der Waals surface area contributed by atoms with Gasteiger partial charge in [-0.1, -0.05) is 30.3 Å². The maximum absolute atomic E-state index is 10.9. The lowest BCUT2D eigenvalue weighted by atomic mass is 10.1. The van der Waals surface area contributed by atoms with Gasteiger partial charge in [-0.25, -0.2) is 4.98 Å². The molecule has 148 valence electrons. The first-order valence-corrected chi connectivity index (χ1v) is 9.91. The number of nitrogens with one attached hydrogen (secondary N) is 1. The highest BCUT2D eigenvalue weighted by Crippen LogP contribution is 2.25. The number of rotatable bonds is 4. The molecule has 2 heterocycles. The van der Waals surface area contributed by atoms with E-state index in [4.69, 9.17) is 0 Å². The number of aryl methyl sites for hydroxylation is 1. The van der Waals surface area contributed by atoms with Crippen LogP contribution in [0.4, 0.5) is 5.69 Å². The summed E-state index contributed by atoms with van der Waals surface area (Å²) in [6, 6.07) is 17.9. The minimum Gasteiger partial charge on any atom is -0.509 e. The van der Waals surface area contributed by atoms with E-state index in [9.17, 15) is 10.4 Å². The molecule has 0 radical (unpaired) electrons. The van der Waals surface area contributed by atoms with Crippen molar-refractivity contribution in [2.75, 3.05) is 31.1 Å². The van der Waals surface area contributed by atoms with E-state index < -0.39 is 0 Å². The summed E-state index contributed by atoms with van der Waals surface area (Å²) in [6.45, 7) is 7.48. The maximum atomic E-state index is 10.9. The fourth-order valence-electron chi connectivity index (χ4n) is 3.95. The van der Waals surface area contributed by atoms with Crippen LogP contribution >= 0.6 is 0 Å². The standard InChI is InChI=1S/C23H25N5O/c1-16-7-3-6-10-21(16)28-13-11-27(12-14-28)17(2)22(29)18(15-24)23-25-19-8-4-5-9-20(19)26-23/h3-10,17,29H,11-14H2,1-2H3,(H,25,26)/b22-18-/t17-/m0/s1. The average molecular weight is 387 g/mol. The number of nitriles is 1. The van der Waals surface area contributed by atoms with Crippen molar-refractivity contribution in [1.82, 2.24) is 14.9 Å². The molecule has 1 aliphatic heterocycles. The van der Waals surface area contributed by atoms with Crippen molar-refractivity contribution in [1.29, 1.82) is 5.26 Å². The molecule has 0 amide bonds. The van der Waals surface area contributed by atoms with Crippen LogP contribution in [0.3, 0.4) is 0 Å². The lowest BCUT2D eigenvalue weighted by Crippen LogP contribution is -2.50. The van der Waals surface area contributed by atoms with Gasteiger partial charge in [-0.15, -0.1) is 0 Å². The van der Waals surface area contributed by atoms with E-state index >= 15 is 0 Å². The molecular weight excluding hydrogens is 362 g/mol. The fraction of sp³-hybridized carbons (Fsp3) is 0.304. The molecule has 0 aliphatic carbocycles. The second kappa shape index (κ2) is 7.98. The number of allylic oxidation sites excluding steroid dienone is 1. The van der Waals surface area contributed by atoms with Crippen molar-refractivity contribution < 1.29 is 5.11 Å². The molecule has 0 saturated carbocycles. The van der Waals surface area contributed by atoms with Crippen LogP contribution in [0.25, 0.3) is 16.6 Å². The lowest BCUT2D eigenvalue weighted by molar-refractivity contribution is 0.178. The monoisotopic (exact) mass is 387 g/mol. The molecule has 0 spiro atoms. The van der Waals surface area contributed by atoms with E-state index in [0.29, 0.717) is 5.82 Å². The number of aromatic amines is 1. The third kappa shape index (κ3) is 3.69. The Morgan fingerprint density at radius 3 is 2.48 bits per heavy atom. The molecular formula is C23H25N5O. The van der Waals surface area contributed by atoms with E-state index in [2.05, 4.69) is 57.0 Å². The summed E-state index contributed by atoms with van der Waals surface area (Å²) in [7, 11) is 0.